The van der Waals surface area contributed by atoms with Crippen LogP contribution >= 0.6 is 15.9 Å². The van der Waals surface area contributed by atoms with Crippen molar-refractivity contribution in [3.63, 3.8) is 0 Å². The van der Waals surface area contributed by atoms with Crippen molar-refractivity contribution in [1.29, 1.82) is 0 Å². The number of halogens is 2. The highest BCUT2D eigenvalue weighted by Gasteiger charge is 2.28. The largest absolute Gasteiger partial charge is 0.338 e. The Morgan fingerprint density at radius 3 is 2.79 bits per heavy atom. The smallest absolute Gasteiger partial charge is 0.123 e. The third kappa shape index (κ3) is 2.16. The van der Waals surface area contributed by atoms with Gasteiger partial charge in [-0.05, 0) is 48.7 Å². The van der Waals surface area contributed by atoms with E-state index in [1.807, 2.05) is 6.07 Å². The Morgan fingerprint density at radius 2 is 2.00 bits per heavy atom. The summed E-state index contributed by atoms with van der Waals surface area (Å²) in [5.41, 5.74) is 4.68. The summed E-state index contributed by atoms with van der Waals surface area (Å²) >= 11 is 3.46. The number of fused-ring (bicyclic) bond motifs is 1. The van der Waals surface area contributed by atoms with Gasteiger partial charge in [0.1, 0.15) is 5.82 Å². The normalized spacial score (nSPS) is 17.6. The minimum Gasteiger partial charge on any atom is -0.338 e. The highest BCUT2D eigenvalue weighted by Crippen LogP contribution is 2.40. The van der Waals surface area contributed by atoms with Crippen molar-refractivity contribution in [2.24, 2.45) is 0 Å². The molecule has 0 radical (unpaired) electrons. The van der Waals surface area contributed by atoms with Crippen LogP contribution in [0.5, 0.6) is 0 Å². The Morgan fingerprint density at radius 1 is 1.21 bits per heavy atom. The van der Waals surface area contributed by atoms with Crippen LogP contribution in [0, 0.1) is 5.82 Å². The second-order valence-electron chi connectivity index (χ2n) is 4.96. The zero-order valence-corrected chi connectivity index (χ0v) is 12.3. The van der Waals surface area contributed by atoms with Crippen LogP contribution in [0.3, 0.4) is 0 Å². The molecule has 98 valence electrons. The summed E-state index contributed by atoms with van der Waals surface area (Å²) in [6.07, 6.45) is 1.04. The van der Waals surface area contributed by atoms with E-state index in [0.29, 0.717) is 11.4 Å². The van der Waals surface area contributed by atoms with E-state index in [4.69, 9.17) is 0 Å². The second kappa shape index (κ2) is 4.97. The lowest BCUT2D eigenvalue weighted by atomic mass is 10.1. The molecule has 3 rings (SSSR count). The van der Waals surface area contributed by atoms with Crippen molar-refractivity contribution in [1.82, 2.24) is 0 Å². The van der Waals surface area contributed by atoms with Crippen LogP contribution < -0.4 is 4.90 Å². The molecule has 1 aliphatic heterocycles. The average Bonchev–Trinajstić information content (AvgIpc) is 2.74. The first-order valence-electron chi connectivity index (χ1n) is 6.42. The molecule has 2 aromatic rings. The van der Waals surface area contributed by atoms with Crippen LogP contribution in [-0.2, 0) is 11.8 Å². The van der Waals surface area contributed by atoms with Gasteiger partial charge in [-0.15, -0.1) is 0 Å². The van der Waals surface area contributed by atoms with Gasteiger partial charge < -0.3 is 4.90 Å². The lowest BCUT2D eigenvalue weighted by Gasteiger charge is -2.27. The Labute approximate surface area is 121 Å². The SMILES string of the molecule is CC1Cc2ccccc2N1c1ccc(F)cc1CBr. The molecule has 0 aromatic heterocycles. The number of rotatable bonds is 2. The molecule has 0 saturated heterocycles. The molecule has 19 heavy (non-hydrogen) atoms. The third-order valence-corrected chi connectivity index (χ3v) is 4.26. The molecule has 2 aromatic carbocycles. The number of alkyl halides is 1. The van der Waals surface area contributed by atoms with Crippen LogP contribution in [0.2, 0.25) is 0 Å². The van der Waals surface area contributed by atoms with Crippen LogP contribution in [0.25, 0.3) is 0 Å². The maximum atomic E-state index is 13.4. The number of anilines is 2. The Balaban J connectivity index is 2.12. The van der Waals surface area contributed by atoms with Gasteiger partial charge in [-0.3, -0.25) is 0 Å². The van der Waals surface area contributed by atoms with Crippen molar-refractivity contribution >= 4 is 27.3 Å². The Kier molecular flexibility index (Phi) is 3.31. The van der Waals surface area contributed by atoms with Gasteiger partial charge >= 0.3 is 0 Å². The van der Waals surface area contributed by atoms with Crippen molar-refractivity contribution < 1.29 is 4.39 Å². The number of hydrogen-bond acceptors (Lipinski definition) is 1. The van der Waals surface area contributed by atoms with Crippen molar-refractivity contribution in [3.05, 3.63) is 59.4 Å². The van der Waals surface area contributed by atoms with Crippen molar-refractivity contribution in [2.75, 3.05) is 4.90 Å². The molecule has 1 nitrogen and oxygen atoms in total. The fraction of sp³-hybridized carbons (Fsp3) is 0.250. The summed E-state index contributed by atoms with van der Waals surface area (Å²) in [5.74, 6) is -0.182. The van der Waals surface area contributed by atoms with Gasteiger partial charge in [0.05, 0.1) is 0 Å². The summed E-state index contributed by atoms with van der Waals surface area (Å²) in [6, 6.07) is 13.9. The molecule has 1 atom stereocenters. The standard InChI is InChI=1S/C16H15BrFN/c1-11-8-12-4-2-3-5-15(12)19(11)16-7-6-14(18)9-13(16)10-17/h2-7,9,11H,8,10H2,1H3. The Bertz CT molecular complexity index is 611. The Hall–Kier alpha value is -1.35. The van der Waals surface area contributed by atoms with E-state index < -0.39 is 0 Å². The molecule has 0 amide bonds. The first-order valence-corrected chi connectivity index (χ1v) is 7.54. The predicted molar refractivity (Wildman–Crippen MR) is 80.8 cm³/mol. The molecule has 3 heteroatoms. The van der Waals surface area contributed by atoms with Gasteiger partial charge in [-0.25, -0.2) is 4.39 Å². The molecule has 1 aliphatic rings. The summed E-state index contributed by atoms with van der Waals surface area (Å²) in [4.78, 5) is 2.31. The molecule has 0 fully saturated rings. The van der Waals surface area contributed by atoms with E-state index in [2.05, 4.69) is 52.0 Å². The first kappa shape index (κ1) is 12.7. The lowest BCUT2D eigenvalue weighted by Crippen LogP contribution is -2.24. The van der Waals surface area contributed by atoms with E-state index in [1.165, 1.54) is 17.3 Å². The molecule has 0 spiro atoms. The maximum Gasteiger partial charge on any atom is 0.123 e. The quantitative estimate of drug-likeness (QED) is 0.718. The van der Waals surface area contributed by atoms with E-state index >= 15 is 0 Å². The van der Waals surface area contributed by atoms with Gasteiger partial charge in [0.25, 0.3) is 0 Å². The van der Waals surface area contributed by atoms with E-state index in [9.17, 15) is 4.39 Å². The van der Waals surface area contributed by atoms with E-state index in [-0.39, 0.29) is 5.82 Å². The molecular weight excluding hydrogens is 305 g/mol. The minimum atomic E-state index is -0.182. The fourth-order valence-electron chi connectivity index (χ4n) is 2.83. The van der Waals surface area contributed by atoms with Gasteiger partial charge in [-0.1, -0.05) is 34.1 Å². The molecule has 1 heterocycles. The van der Waals surface area contributed by atoms with Gasteiger partial charge in [0, 0.05) is 22.7 Å². The monoisotopic (exact) mass is 319 g/mol. The molecule has 0 saturated carbocycles. The van der Waals surface area contributed by atoms with Crippen LogP contribution in [0.1, 0.15) is 18.1 Å². The van der Waals surface area contributed by atoms with Crippen LogP contribution in [0.15, 0.2) is 42.5 Å². The van der Waals surface area contributed by atoms with E-state index in [0.717, 1.165) is 17.7 Å². The summed E-state index contributed by atoms with van der Waals surface area (Å²) in [6.45, 7) is 2.21. The summed E-state index contributed by atoms with van der Waals surface area (Å²) < 4.78 is 13.4. The number of para-hydroxylation sites is 1. The minimum absolute atomic E-state index is 0.182. The zero-order valence-electron chi connectivity index (χ0n) is 10.7. The molecule has 0 aliphatic carbocycles. The summed E-state index contributed by atoms with van der Waals surface area (Å²) in [7, 11) is 0. The molecule has 1 unspecified atom stereocenters. The number of benzene rings is 2. The van der Waals surface area contributed by atoms with Crippen LogP contribution in [-0.4, -0.2) is 6.04 Å². The third-order valence-electron chi connectivity index (χ3n) is 3.65. The topological polar surface area (TPSA) is 3.24 Å². The number of hydrogen-bond donors (Lipinski definition) is 0. The average molecular weight is 320 g/mol. The van der Waals surface area contributed by atoms with E-state index in [1.54, 1.807) is 6.07 Å². The van der Waals surface area contributed by atoms with Crippen molar-refractivity contribution in [2.45, 2.75) is 24.7 Å². The zero-order chi connectivity index (χ0) is 13.4. The predicted octanol–water partition coefficient (Wildman–Crippen LogP) is 4.80. The molecule has 0 bridgehead atoms. The first-order chi connectivity index (χ1) is 9.20. The van der Waals surface area contributed by atoms with Gasteiger partial charge in [-0.2, -0.15) is 0 Å². The second-order valence-corrected chi connectivity index (χ2v) is 5.52. The number of nitrogens with zero attached hydrogens (tertiary/aromatic N) is 1. The highest BCUT2D eigenvalue weighted by molar-refractivity contribution is 9.08. The lowest BCUT2D eigenvalue weighted by molar-refractivity contribution is 0.626. The van der Waals surface area contributed by atoms with Gasteiger partial charge in [0.15, 0.2) is 0 Å². The van der Waals surface area contributed by atoms with Gasteiger partial charge in [0.2, 0.25) is 0 Å². The maximum absolute atomic E-state index is 13.4. The molecular formula is C16H15BrFN. The molecule has 0 N–H and O–H groups in total. The highest BCUT2D eigenvalue weighted by atomic mass is 79.9. The van der Waals surface area contributed by atoms with Crippen LogP contribution in [0.4, 0.5) is 15.8 Å². The van der Waals surface area contributed by atoms with Crippen molar-refractivity contribution in [3.8, 4) is 0 Å². The fourth-order valence-corrected chi connectivity index (χ4v) is 3.28. The summed E-state index contributed by atoms with van der Waals surface area (Å²) in [5, 5.41) is 0.658.